The van der Waals surface area contributed by atoms with Gasteiger partial charge in [0.2, 0.25) is 5.91 Å². The number of benzene rings is 2. The lowest BCUT2D eigenvalue weighted by atomic mass is 9.77. The normalized spacial score (nSPS) is 16.4. The van der Waals surface area contributed by atoms with Gasteiger partial charge in [-0.3, -0.25) is 9.59 Å². The van der Waals surface area contributed by atoms with E-state index in [4.69, 9.17) is 0 Å². The highest BCUT2D eigenvalue weighted by molar-refractivity contribution is 5.97. The Balaban J connectivity index is 1.58. The molecule has 0 saturated carbocycles. The summed E-state index contributed by atoms with van der Waals surface area (Å²) in [6.07, 6.45) is 0.963. The fourth-order valence-electron chi connectivity index (χ4n) is 3.24. The van der Waals surface area contributed by atoms with E-state index in [1.165, 1.54) is 35.4 Å². The molecule has 2 N–H and O–H groups in total. The SMILES string of the molecule is CC(C)C(NC(=O)c1ccc(F)cc1)C(=O)NCC1Cc2ccccc21. The summed E-state index contributed by atoms with van der Waals surface area (Å²) in [5.41, 5.74) is 2.94. The predicted octanol–water partition coefficient (Wildman–Crippen LogP) is 3.04. The molecular weight excluding hydrogens is 331 g/mol. The lowest BCUT2D eigenvalue weighted by Crippen LogP contribution is -2.50. The number of amides is 2. The van der Waals surface area contributed by atoms with Gasteiger partial charge < -0.3 is 10.6 Å². The minimum Gasteiger partial charge on any atom is -0.354 e. The maximum Gasteiger partial charge on any atom is 0.251 e. The molecule has 0 aliphatic heterocycles. The average Bonchev–Trinajstić information content (AvgIpc) is 2.60. The second-order valence-corrected chi connectivity index (χ2v) is 7.05. The van der Waals surface area contributed by atoms with Gasteiger partial charge in [0, 0.05) is 18.0 Å². The maximum atomic E-state index is 13.0. The van der Waals surface area contributed by atoms with Crippen molar-refractivity contribution in [3.63, 3.8) is 0 Å². The van der Waals surface area contributed by atoms with Crippen LogP contribution in [0.25, 0.3) is 0 Å². The first-order valence-corrected chi connectivity index (χ1v) is 8.87. The van der Waals surface area contributed by atoms with Crippen LogP contribution in [0.1, 0.15) is 41.3 Å². The molecule has 0 spiro atoms. The second-order valence-electron chi connectivity index (χ2n) is 7.05. The molecule has 2 aromatic rings. The van der Waals surface area contributed by atoms with Crippen LogP contribution in [0.2, 0.25) is 0 Å². The van der Waals surface area contributed by atoms with E-state index in [0.717, 1.165) is 6.42 Å². The molecule has 4 nitrogen and oxygen atoms in total. The van der Waals surface area contributed by atoms with Gasteiger partial charge in [0.25, 0.3) is 5.91 Å². The van der Waals surface area contributed by atoms with Crippen LogP contribution in [-0.4, -0.2) is 24.4 Å². The number of fused-ring (bicyclic) bond motifs is 1. The minimum atomic E-state index is -0.636. The van der Waals surface area contributed by atoms with Gasteiger partial charge >= 0.3 is 0 Å². The Bertz CT molecular complexity index is 802. The summed E-state index contributed by atoms with van der Waals surface area (Å²) in [6, 6.07) is 12.9. The molecule has 1 aliphatic rings. The summed E-state index contributed by atoms with van der Waals surface area (Å²) in [5, 5.41) is 5.72. The Morgan fingerprint density at radius 1 is 1.12 bits per heavy atom. The number of carbonyl (C=O) groups excluding carboxylic acids is 2. The molecule has 3 rings (SSSR count). The Kier molecular flexibility index (Phi) is 5.35. The van der Waals surface area contributed by atoms with Gasteiger partial charge in [-0.25, -0.2) is 4.39 Å². The third kappa shape index (κ3) is 3.93. The van der Waals surface area contributed by atoms with E-state index in [-0.39, 0.29) is 17.7 Å². The average molecular weight is 354 g/mol. The smallest absolute Gasteiger partial charge is 0.251 e. The first-order valence-electron chi connectivity index (χ1n) is 8.87. The quantitative estimate of drug-likeness (QED) is 0.838. The van der Waals surface area contributed by atoms with Crippen LogP contribution in [0, 0.1) is 11.7 Å². The zero-order valence-corrected chi connectivity index (χ0v) is 15.0. The number of hydrogen-bond donors (Lipinski definition) is 2. The fourth-order valence-corrected chi connectivity index (χ4v) is 3.24. The lowest BCUT2D eigenvalue weighted by Gasteiger charge is -2.31. The highest BCUT2D eigenvalue weighted by Crippen LogP contribution is 2.34. The summed E-state index contributed by atoms with van der Waals surface area (Å²) in [6.45, 7) is 4.33. The van der Waals surface area contributed by atoms with Crippen molar-refractivity contribution in [2.75, 3.05) is 6.54 Å². The van der Waals surface area contributed by atoms with E-state index in [2.05, 4.69) is 22.8 Å². The van der Waals surface area contributed by atoms with Gasteiger partial charge in [0.15, 0.2) is 0 Å². The Morgan fingerprint density at radius 2 is 1.81 bits per heavy atom. The Labute approximate surface area is 152 Å². The molecule has 2 aromatic carbocycles. The van der Waals surface area contributed by atoms with Gasteiger partial charge in [-0.1, -0.05) is 38.1 Å². The predicted molar refractivity (Wildman–Crippen MR) is 98.4 cm³/mol. The van der Waals surface area contributed by atoms with E-state index < -0.39 is 11.9 Å². The van der Waals surface area contributed by atoms with Gasteiger partial charge in [-0.2, -0.15) is 0 Å². The summed E-state index contributed by atoms with van der Waals surface area (Å²) in [4.78, 5) is 24.9. The first kappa shape index (κ1) is 18.1. The van der Waals surface area contributed by atoms with Crippen LogP contribution < -0.4 is 10.6 Å². The molecule has 5 heteroatoms. The van der Waals surface area contributed by atoms with E-state index >= 15 is 0 Å². The van der Waals surface area contributed by atoms with Crippen LogP contribution in [0.3, 0.4) is 0 Å². The van der Waals surface area contributed by atoms with Crippen molar-refractivity contribution in [3.05, 3.63) is 71.0 Å². The zero-order chi connectivity index (χ0) is 18.7. The number of rotatable bonds is 6. The van der Waals surface area contributed by atoms with Crippen molar-refractivity contribution in [1.82, 2.24) is 10.6 Å². The molecule has 1 aliphatic carbocycles. The van der Waals surface area contributed by atoms with Crippen LogP contribution in [0.4, 0.5) is 4.39 Å². The van der Waals surface area contributed by atoms with Gasteiger partial charge in [0.1, 0.15) is 11.9 Å². The second kappa shape index (κ2) is 7.68. The van der Waals surface area contributed by atoms with Crippen LogP contribution >= 0.6 is 0 Å². The molecule has 0 aromatic heterocycles. The summed E-state index contributed by atoms with van der Waals surface area (Å²) in [5.74, 6) is -0.711. The number of carbonyl (C=O) groups is 2. The van der Waals surface area contributed by atoms with Crippen molar-refractivity contribution in [1.29, 1.82) is 0 Å². The Morgan fingerprint density at radius 3 is 2.46 bits per heavy atom. The molecule has 136 valence electrons. The zero-order valence-electron chi connectivity index (χ0n) is 15.0. The molecule has 2 unspecified atom stereocenters. The van der Waals surface area contributed by atoms with Gasteiger partial charge in [-0.05, 0) is 47.7 Å². The molecule has 2 atom stereocenters. The molecule has 0 bridgehead atoms. The maximum absolute atomic E-state index is 13.0. The molecule has 0 saturated heterocycles. The van der Waals surface area contributed by atoms with Crippen LogP contribution in [0.5, 0.6) is 0 Å². The number of hydrogen-bond acceptors (Lipinski definition) is 2. The lowest BCUT2D eigenvalue weighted by molar-refractivity contribution is -0.124. The van der Waals surface area contributed by atoms with Crippen molar-refractivity contribution in [2.24, 2.45) is 5.92 Å². The van der Waals surface area contributed by atoms with Crippen molar-refractivity contribution in [2.45, 2.75) is 32.2 Å². The summed E-state index contributed by atoms with van der Waals surface area (Å²) in [7, 11) is 0. The molecular formula is C21H23FN2O2. The number of nitrogens with one attached hydrogen (secondary N) is 2. The molecule has 0 fully saturated rings. The van der Waals surface area contributed by atoms with Crippen LogP contribution in [0.15, 0.2) is 48.5 Å². The fraction of sp³-hybridized carbons (Fsp3) is 0.333. The molecule has 26 heavy (non-hydrogen) atoms. The minimum absolute atomic E-state index is 0.0620. The van der Waals surface area contributed by atoms with E-state index in [1.54, 1.807) is 0 Å². The topological polar surface area (TPSA) is 58.2 Å². The highest BCUT2D eigenvalue weighted by atomic mass is 19.1. The molecule has 0 radical (unpaired) electrons. The third-order valence-electron chi connectivity index (χ3n) is 4.83. The summed E-state index contributed by atoms with van der Waals surface area (Å²) >= 11 is 0. The standard InChI is InChI=1S/C21H23FN2O2/c1-13(2)19(24-20(25)14-7-9-17(22)10-8-14)21(26)23-12-16-11-15-5-3-4-6-18(15)16/h3-10,13,16,19H,11-12H2,1-2H3,(H,23,26)(H,24,25). The van der Waals surface area contributed by atoms with Crippen LogP contribution in [-0.2, 0) is 11.2 Å². The van der Waals surface area contributed by atoms with E-state index in [0.29, 0.717) is 18.0 Å². The van der Waals surface area contributed by atoms with Gasteiger partial charge in [0.05, 0.1) is 0 Å². The molecule has 0 heterocycles. The first-order chi connectivity index (χ1) is 12.5. The van der Waals surface area contributed by atoms with E-state index in [1.807, 2.05) is 26.0 Å². The highest BCUT2D eigenvalue weighted by Gasteiger charge is 2.28. The van der Waals surface area contributed by atoms with Crippen molar-refractivity contribution in [3.8, 4) is 0 Å². The summed E-state index contributed by atoms with van der Waals surface area (Å²) < 4.78 is 13.0. The van der Waals surface area contributed by atoms with Gasteiger partial charge in [-0.15, -0.1) is 0 Å². The monoisotopic (exact) mass is 354 g/mol. The Hall–Kier alpha value is -2.69. The van der Waals surface area contributed by atoms with E-state index in [9.17, 15) is 14.0 Å². The molecule has 2 amide bonds. The number of halogens is 1. The van der Waals surface area contributed by atoms with Crippen molar-refractivity contribution >= 4 is 11.8 Å². The van der Waals surface area contributed by atoms with Crippen molar-refractivity contribution < 1.29 is 14.0 Å². The third-order valence-corrected chi connectivity index (χ3v) is 4.83. The largest absolute Gasteiger partial charge is 0.354 e.